The average Bonchev–Trinajstić information content (AvgIpc) is 3.54. The monoisotopic (exact) mass is 513 g/mol. The van der Waals surface area contributed by atoms with Crippen molar-refractivity contribution in [3.63, 3.8) is 0 Å². The van der Waals surface area contributed by atoms with Crippen LogP contribution in [0.2, 0.25) is 0 Å². The predicted molar refractivity (Wildman–Crippen MR) is 149 cm³/mol. The third kappa shape index (κ3) is 8.61. The fourth-order valence-electron chi connectivity index (χ4n) is 4.57. The van der Waals surface area contributed by atoms with Crippen molar-refractivity contribution in [2.45, 2.75) is 111 Å². The minimum atomic E-state index is -0.825. The molecule has 0 aromatic heterocycles. The Morgan fingerprint density at radius 1 is 1.19 bits per heavy atom. The molecule has 3 amide bonds. The molecule has 1 aromatic rings. The van der Waals surface area contributed by atoms with Crippen molar-refractivity contribution < 1.29 is 19.1 Å². The molecular formula is C30H47N3O4. The molecule has 1 aliphatic carbocycles. The lowest BCUT2D eigenvalue weighted by molar-refractivity contribution is -0.144. The number of nitrogens with zero attached hydrogens (tertiary/aromatic N) is 1. The highest BCUT2D eigenvalue weighted by Gasteiger charge is 2.49. The van der Waals surface area contributed by atoms with Crippen LogP contribution in [0, 0.1) is 11.8 Å². The number of alkyl carbamates (subject to hydrolysis) is 1. The number of carbonyl (C=O) groups is 3. The van der Waals surface area contributed by atoms with Gasteiger partial charge in [-0.3, -0.25) is 9.59 Å². The lowest BCUT2D eigenvalue weighted by Crippen LogP contribution is -2.56. The maximum absolute atomic E-state index is 14.3. The van der Waals surface area contributed by atoms with Gasteiger partial charge in [0.15, 0.2) is 0 Å². The van der Waals surface area contributed by atoms with E-state index in [1.54, 1.807) is 31.7 Å². The third-order valence-corrected chi connectivity index (χ3v) is 6.93. The first-order valence-electron chi connectivity index (χ1n) is 13.7. The summed E-state index contributed by atoms with van der Waals surface area (Å²) in [7, 11) is 0. The van der Waals surface area contributed by atoms with E-state index in [-0.39, 0.29) is 35.7 Å². The van der Waals surface area contributed by atoms with Crippen LogP contribution in [0.25, 0.3) is 6.08 Å². The van der Waals surface area contributed by atoms with Crippen LogP contribution in [-0.2, 0) is 14.3 Å². The molecule has 1 saturated carbocycles. The number of ether oxygens (including phenoxy) is 1. The van der Waals surface area contributed by atoms with Crippen molar-refractivity contribution in [1.82, 2.24) is 15.5 Å². The van der Waals surface area contributed by atoms with E-state index >= 15 is 0 Å². The zero-order valence-electron chi connectivity index (χ0n) is 24.0. The van der Waals surface area contributed by atoms with Crippen LogP contribution in [0.5, 0.6) is 0 Å². The molecule has 37 heavy (non-hydrogen) atoms. The molecular weight excluding hydrogens is 466 g/mol. The molecule has 0 aliphatic heterocycles. The summed E-state index contributed by atoms with van der Waals surface area (Å²) in [6.07, 6.45) is 4.36. The van der Waals surface area contributed by atoms with Gasteiger partial charge in [0, 0.05) is 12.1 Å². The predicted octanol–water partition coefficient (Wildman–Crippen LogP) is 5.85. The molecule has 0 saturated heterocycles. The van der Waals surface area contributed by atoms with Crippen LogP contribution in [-0.4, -0.2) is 46.5 Å². The fraction of sp³-hybridized carbons (Fsp3) is 0.633. The number of hydrogen-bond acceptors (Lipinski definition) is 4. The molecule has 206 valence electrons. The molecule has 0 heterocycles. The summed E-state index contributed by atoms with van der Waals surface area (Å²) in [5, 5.41) is 5.96. The number of rotatable bonds is 12. The summed E-state index contributed by atoms with van der Waals surface area (Å²) in [6.45, 7) is 19.3. The Balaban J connectivity index is 2.54. The molecule has 2 N–H and O–H groups in total. The highest BCUT2D eigenvalue weighted by Crippen LogP contribution is 2.41. The standard InChI is InChI=1S/C30H47N3O4/c1-10-14-21(6)31-27(34)26(23-16-13-15-22(12-3)18-23)33(24-17-20(24)5)28(35)25(19(4)11-2)32-29(36)37-30(7,8)9/h12-13,15-16,18-21,24-26H,3,10-11,14,17H2,1-2,4-9H3,(H,31,34)(H,32,36). The van der Waals surface area contributed by atoms with Crippen molar-refractivity contribution in [3.8, 4) is 0 Å². The molecule has 0 bridgehead atoms. The summed E-state index contributed by atoms with van der Waals surface area (Å²) < 4.78 is 5.48. The zero-order chi connectivity index (χ0) is 27.9. The molecule has 6 atom stereocenters. The highest BCUT2D eigenvalue weighted by atomic mass is 16.6. The second kappa shape index (κ2) is 13.1. The van der Waals surface area contributed by atoms with Crippen LogP contribution in [0.15, 0.2) is 30.8 Å². The van der Waals surface area contributed by atoms with E-state index in [9.17, 15) is 14.4 Å². The Morgan fingerprint density at radius 2 is 1.84 bits per heavy atom. The molecule has 7 heteroatoms. The van der Waals surface area contributed by atoms with E-state index < -0.39 is 23.8 Å². The Kier molecular flexibility index (Phi) is 10.8. The first kappa shape index (κ1) is 30.4. The lowest BCUT2D eigenvalue weighted by atomic mass is 9.95. The Morgan fingerprint density at radius 3 is 2.35 bits per heavy atom. The fourth-order valence-corrected chi connectivity index (χ4v) is 4.57. The smallest absolute Gasteiger partial charge is 0.408 e. The van der Waals surface area contributed by atoms with Crippen molar-refractivity contribution >= 4 is 24.0 Å². The van der Waals surface area contributed by atoms with Crippen LogP contribution < -0.4 is 10.6 Å². The largest absolute Gasteiger partial charge is 0.444 e. The number of amides is 3. The number of nitrogens with one attached hydrogen (secondary N) is 2. The van der Waals surface area contributed by atoms with E-state index in [0.717, 1.165) is 30.4 Å². The van der Waals surface area contributed by atoms with Gasteiger partial charge in [-0.2, -0.15) is 0 Å². The summed E-state index contributed by atoms with van der Waals surface area (Å²) >= 11 is 0. The van der Waals surface area contributed by atoms with E-state index in [0.29, 0.717) is 6.42 Å². The van der Waals surface area contributed by atoms with Gasteiger partial charge in [0.25, 0.3) is 0 Å². The van der Waals surface area contributed by atoms with Gasteiger partial charge >= 0.3 is 6.09 Å². The van der Waals surface area contributed by atoms with E-state index in [2.05, 4.69) is 31.1 Å². The van der Waals surface area contributed by atoms with Crippen LogP contribution in [0.3, 0.4) is 0 Å². The highest BCUT2D eigenvalue weighted by molar-refractivity contribution is 5.93. The summed E-state index contributed by atoms with van der Waals surface area (Å²) in [4.78, 5) is 42.6. The van der Waals surface area contributed by atoms with Gasteiger partial charge in [-0.25, -0.2) is 4.79 Å². The van der Waals surface area contributed by atoms with E-state index in [4.69, 9.17) is 4.74 Å². The van der Waals surface area contributed by atoms with Crippen molar-refractivity contribution in [2.24, 2.45) is 11.8 Å². The van der Waals surface area contributed by atoms with Crippen molar-refractivity contribution in [3.05, 3.63) is 42.0 Å². The minimum absolute atomic E-state index is 0.0265. The second-order valence-electron chi connectivity index (χ2n) is 11.5. The van der Waals surface area contributed by atoms with Gasteiger partial charge in [0.1, 0.15) is 17.7 Å². The summed E-state index contributed by atoms with van der Waals surface area (Å²) in [6, 6.07) is 5.83. The molecule has 1 aromatic carbocycles. The van der Waals surface area contributed by atoms with Gasteiger partial charge in [-0.1, -0.05) is 71.4 Å². The molecule has 1 fully saturated rings. The van der Waals surface area contributed by atoms with Gasteiger partial charge < -0.3 is 20.3 Å². The number of hydrogen-bond donors (Lipinski definition) is 2. The molecule has 6 unspecified atom stereocenters. The molecule has 1 aliphatic rings. The SMILES string of the molecule is C=Cc1cccc(C(C(=O)NC(C)CCC)N(C(=O)C(NC(=O)OC(C)(C)C)C(C)CC)C2CC2C)c1. The van der Waals surface area contributed by atoms with Crippen molar-refractivity contribution in [1.29, 1.82) is 0 Å². The third-order valence-electron chi connectivity index (χ3n) is 6.93. The lowest BCUT2D eigenvalue weighted by Gasteiger charge is -2.37. The van der Waals surface area contributed by atoms with Crippen LogP contribution in [0.1, 0.15) is 98.2 Å². The molecule has 2 rings (SSSR count). The van der Waals surface area contributed by atoms with Crippen LogP contribution >= 0.6 is 0 Å². The normalized spacial score (nSPS) is 20.1. The van der Waals surface area contributed by atoms with Gasteiger partial charge in [-0.15, -0.1) is 0 Å². The summed E-state index contributed by atoms with van der Waals surface area (Å²) in [5.74, 6) is -0.371. The minimum Gasteiger partial charge on any atom is -0.444 e. The quantitative estimate of drug-likeness (QED) is 0.367. The van der Waals surface area contributed by atoms with Gasteiger partial charge in [0.05, 0.1) is 0 Å². The first-order valence-corrected chi connectivity index (χ1v) is 13.7. The maximum atomic E-state index is 14.3. The Labute approximate surface area is 223 Å². The number of benzene rings is 1. The van der Waals surface area contributed by atoms with Gasteiger partial charge in [-0.05, 0) is 69.6 Å². The number of carbonyl (C=O) groups excluding carboxylic acids is 3. The van der Waals surface area contributed by atoms with Crippen LogP contribution in [0.4, 0.5) is 4.79 Å². The van der Waals surface area contributed by atoms with Crippen molar-refractivity contribution in [2.75, 3.05) is 0 Å². The van der Waals surface area contributed by atoms with E-state index in [1.807, 2.05) is 45.0 Å². The average molecular weight is 514 g/mol. The van der Waals surface area contributed by atoms with Gasteiger partial charge in [0.2, 0.25) is 11.8 Å². The second-order valence-corrected chi connectivity index (χ2v) is 11.5. The molecule has 0 spiro atoms. The molecule has 0 radical (unpaired) electrons. The maximum Gasteiger partial charge on any atom is 0.408 e. The van der Waals surface area contributed by atoms with E-state index in [1.165, 1.54) is 0 Å². The Bertz CT molecular complexity index is 954. The zero-order valence-corrected chi connectivity index (χ0v) is 24.0. The topological polar surface area (TPSA) is 87.7 Å². The summed E-state index contributed by atoms with van der Waals surface area (Å²) in [5.41, 5.74) is 0.908. The first-order chi connectivity index (χ1) is 17.3. The molecule has 7 nitrogen and oxygen atoms in total. The Hall–Kier alpha value is -2.83.